The monoisotopic (exact) mass is 289 g/mol. The first-order valence-corrected chi connectivity index (χ1v) is 8.55. The Hall–Kier alpha value is -1.15. The molecule has 1 rings (SSSR count). The highest BCUT2D eigenvalue weighted by molar-refractivity contribution is 5.97. The molecule has 1 aromatic carbocycles. The summed E-state index contributed by atoms with van der Waals surface area (Å²) in [5, 5.41) is 0. The standard InChI is InChI=1S/C19H31NO/c1-4-7-14-20(15-8-5-2)16-19(21)18-12-10-17(9-6-3)11-13-18/h10-13H,4-9,14-16H2,1-3H3. The lowest BCUT2D eigenvalue weighted by atomic mass is 10.0. The van der Waals surface area contributed by atoms with Crippen LogP contribution in [0, 0.1) is 0 Å². The van der Waals surface area contributed by atoms with Crippen LogP contribution in [0.3, 0.4) is 0 Å². The van der Waals surface area contributed by atoms with Crippen molar-refractivity contribution in [2.75, 3.05) is 19.6 Å². The maximum absolute atomic E-state index is 12.4. The van der Waals surface area contributed by atoms with Crippen LogP contribution in [-0.2, 0) is 6.42 Å². The molecule has 0 saturated carbocycles. The summed E-state index contributed by atoms with van der Waals surface area (Å²) in [7, 11) is 0. The molecule has 0 heterocycles. The number of hydrogen-bond donors (Lipinski definition) is 0. The van der Waals surface area contributed by atoms with E-state index < -0.39 is 0 Å². The van der Waals surface area contributed by atoms with Gasteiger partial charge < -0.3 is 0 Å². The van der Waals surface area contributed by atoms with Gasteiger partial charge in [0, 0.05) is 5.56 Å². The minimum atomic E-state index is 0.255. The Balaban J connectivity index is 2.58. The molecule has 0 unspecified atom stereocenters. The fourth-order valence-corrected chi connectivity index (χ4v) is 2.47. The molecular formula is C19H31NO. The van der Waals surface area contributed by atoms with Gasteiger partial charge >= 0.3 is 0 Å². The summed E-state index contributed by atoms with van der Waals surface area (Å²) < 4.78 is 0. The summed E-state index contributed by atoms with van der Waals surface area (Å²) in [5.41, 5.74) is 2.18. The summed E-state index contributed by atoms with van der Waals surface area (Å²) in [6.45, 7) is 9.22. The molecule has 2 heteroatoms. The van der Waals surface area contributed by atoms with Crippen LogP contribution in [0.5, 0.6) is 0 Å². The highest BCUT2D eigenvalue weighted by Gasteiger charge is 2.12. The van der Waals surface area contributed by atoms with Crippen molar-refractivity contribution >= 4 is 5.78 Å². The number of benzene rings is 1. The molecule has 0 amide bonds. The van der Waals surface area contributed by atoms with Gasteiger partial charge in [0.25, 0.3) is 0 Å². The zero-order valence-electron chi connectivity index (χ0n) is 14.0. The lowest BCUT2D eigenvalue weighted by molar-refractivity contribution is 0.0928. The van der Waals surface area contributed by atoms with Crippen molar-refractivity contribution in [3.63, 3.8) is 0 Å². The third-order valence-electron chi connectivity index (χ3n) is 3.84. The zero-order chi connectivity index (χ0) is 15.5. The van der Waals surface area contributed by atoms with Gasteiger partial charge in [-0.2, -0.15) is 0 Å². The molecule has 0 fully saturated rings. The second kappa shape index (κ2) is 10.6. The van der Waals surface area contributed by atoms with Gasteiger partial charge in [-0.25, -0.2) is 0 Å². The number of aryl methyl sites for hydroxylation is 1. The molecule has 0 spiro atoms. The molecule has 118 valence electrons. The van der Waals surface area contributed by atoms with Gasteiger partial charge in [0.1, 0.15) is 0 Å². The quantitative estimate of drug-likeness (QED) is 0.549. The average molecular weight is 289 g/mol. The largest absolute Gasteiger partial charge is 0.296 e. The van der Waals surface area contributed by atoms with Crippen molar-refractivity contribution in [3.05, 3.63) is 35.4 Å². The average Bonchev–Trinajstić information content (AvgIpc) is 2.51. The van der Waals surface area contributed by atoms with Crippen LogP contribution in [0.15, 0.2) is 24.3 Å². The number of unbranched alkanes of at least 4 members (excludes halogenated alkanes) is 2. The van der Waals surface area contributed by atoms with Crippen molar-refractivity contribution < 1.29 is 4.79 Å². The van der Waals surface area contributed by atoms with E-state index in [0.717, 1.165) is 31.5 Å². The molecule has 0 aliphatic heterocycles. The van der Waals surface area contributed by atoms with Crippen LogP contribution in [0.25, 0.3) is 0 Å². The van der Waals surface area contributed by atoms with E-state index in [1.807, 2.05) is 12.1 Å². The molecule has 21 heavy (non-hydrogen) atoms. The van der Waals surface area contributed by atoms with E-state index in [2.05, 4.69) is 37.8 Å². The molecule has 0 saturated heterocycles. The minimum Gasteiger partial charge on any atom is -0.296 e. The molecule has 0 aliphatic rings. The summed E-state index contributed by atoms with van der Waals surface area (Å²) in [4.78, 5) is 14.7. The van der Waals surface area contributed by atoms with Gasteiger partial charge in [0.15, 0.2) is 5.78 Å². The summed E-state index contributed by atoms with van der Waals surface area (Å²) in [5.74, 6) is 0.255. The fraction of sp³-hybridized carbons (Fsp3) is 0.632. The summed E-state index contributed by atoms with van der Waals surface area (Å²) in [6.07, 6.45) is 6.95. The second-order valence-corrected chi connectivity index (χ2v) is 5.85. The Kier molecular flexibility index (Phi) is 9.00. The van der Waals surface area contributed by atoms with Crippen LogP contribution >= 0.6 is 0 Å². The molecule has 1 aromatic rings. The second-order valence-electron chi connectivity index (χ2n) is 5.85. The Morgan fingerprint density at radius 3 is 1.95 bits per heavy atom. The van der Waals surface area contributed by atoms with E-state index in [0.29, 0.717) is 6.54 Å². The van der Waals surface area contributed by atoms with E-state index in [-0.39, 0.29) is 5.78 Å². The van der Waals surface area contributed by atoms with Gasteiger partial charge in [-0.15, -0.1) is 0 Å². The molecule has 0 N–H and O–H groups in total. The highest BCUT2D eigenvalue weighted by Crippen LogP contribution is 2.09. The Morgan fingerprint density at radius 1 is 0.905 bits per heavy atom. The van der Waals surface area contributed by atoms with Crippen molar-refractivity contribution in [1.82, 2.24) is 4.90 Å². The van der Waals surface area contributed by atoms with Crippen molar-refractivity contribution in [1.29, 1.82) is 0 Å². The zero-order valence-corrected chi connectivity index (χ0v) is 14.0. The van der Waals surface area contributed by atoms with Gasteiger partial charge in [-0.05, 0) is 37.9 Å². The third-order valence-corrected chi connectivity index (χ3v) is 3.84. The van der Waals surface area contributed by atoms with E-state index in [9.17, 15) is 4.79 Å². The smallest absolute Gasteiger partial charge is 0.176 e. The Bertz CT molecular complexity index is 389. The minimum absolute atomic E-state index is 0.255. The first-order chi connectivity index (χ1) is 10.2. The number of Topliss-reactive ketones (excluding diaryl/α,β-unsaturated/α-hetero) is 1. The van der Waals surface area contributed by atoms with Gasteiger partial charge in [0.05, 0.1) is 6.54 Å². The number of ketones is 1. The van der Waals surface area contributed by atoms with E-state index in [4.69, 9.17) is 0 Å². The van der Waals surface area contributed by atoms with Crippen LogP contribution in [0.4, 0.5) is 0 Å². The van der Waals surface area contributed by atoms with Crippen LogP contribution in [-0.4, -0.2) is 30.3 Å². The molecule has 2 nitrogen and oxygen atoms in total. The first-order valence-electron chi connectivity index (χ1n) is 8.55. The van der Waals surface area contributed by atoms with Gasteiger partial charge in [-0.1, -0.05) is 64.3 Å². The van der Waals surface area contributed by atoms with Crippen LogP contribution < -0.4 is 0 Å². The van der Waals surface area contributed by atoms with Crippen molar-refractivity contribution in [3.8, 4) is 0 Å². The maximum atomic E-state index is 12.4. The Morgan fingerprint density at radius 2 is 1.48 bits per heavy atom. The van der Waals surface area contributed by atoms with E-state index in [1.54, 1.807) is 0 Å². The summed E-state index contributed by atoms with van der Waals surface area (Å²) in [6, 6.07) is 8.18. The maximum Gasteiger partial charge on any atom is 0.176 e. The number of hydrogen-bond acceptors (Lipinski definition) is 2. The van der Waals surface area contributed by atoms with E-state index >= 15 is 0 Å². The lowest BCUT2D eigenvalue weighted by Gasteiger charge is -2.21. The fourth-order valence-electron chi connectivity index (χ4n) is 2.47. The molecule has 0 aliphatic carbocycles. The first kappa shape index (κ1) is 17.9. The highest BCUT2D eigenvalue weighted by atomic mass is 16.1. The van der Waals surface area contributed by atoms with Crippen molar-refractivity contribution in [2.24, 2.45) is 0 Å². The lowest BCUT2D eigenvalue weighted by Crippen LogP contribution is -2.31. The number of rotatable bonds is 11. The SMILES string of the molecule is CCCCN(CCCC)CC(=O)c1ccc(CCC)cc1. The summed E-state index contributed by atoms with van der Waals surface area (Å²) >= 11 is 0. The van der Waals surface area contributed by atoms with Crippen LogP contribution in [0.2, 0.25) is 0 Å². The topological polar surface area (TPSA) is 20.3 Å². The molecular weight excluding hydrogens is 258 g/mol. The van der Waals surface area contributed by atoms with Crippen LogP contribution in [0.1, 0.15) is 68.8 Å². The molecule has 0 radical (unpaired) electrons. The predicted molar refractivity (Wildman–Crippen MR) is 91.0 cm³/mol. The number of nitrogens with zero attached hydrogens (tertiary/aromatic N) is 1. The molecule has 0 bridgehead atoms. The van der Waals surface area contributed by atoms with Gasteiger partial charge in [0.2, 0.25) is 0 Å². The Labute approximate surface area is 130 Å². The van der Waals surface area contributed by atoms with Gasteiger partial charge in [-0.3, -0.25) is 9.69 Å². The van der Waals surface area contributed by atoms with Crippen molar-refractivity contribution in [2.45, 2.75) is 59.3 Å². The number of carbonyl (C=O) groups is 1. The number of carbonyl (C=O) groups excluding carboxylic acids is 1. The molecule has 0 atom stereocenters. The third kappa shape index (κ3) is 6.90. The normalized spacial score (nSPS) is 11.0. The molecule has 0 aromatic heterocycles. The predicted octanol–water partition coefficient (Wildman–Crippen LogP) is 4.72. The van der Waals surface area contributed by atoms with E-state index in [1.165, 1.54) is 31.2 Å².